The monoisotopic (exact) mass is 244 g/mol. The Kier molecular flexibility index (Phi) is 3.41. The summed E-state index contributed by atoms with van der Waals surface area (Å²) < 4.78 is 1.98. The molecule has 0 saturated carbocycles. The number of nitrogens with one attached hydrogen (secondary N) is 1. The molecule has 0 bridgehead atoms. The van der Waals surface area contributed by atoms with Crippen LogP contribution < -0.4 is 5.56 Å². The van der Waals surface area contributed by atoms with Crippen molar-refractivity contribution in [2.24, 2.45) is 0 Å². The molecule has 0 amide bonds. The summed E-state index contributed by atoms with van der Waals surface area (Å²) in [6, 6.07) is 8.44. The van der Waals surface area contributed by atoms with Crippen LogP contribution in [0.5, 0.6) is 0 Å². The van der Waals surface area contributed by atoms with Gasteiger partial charge in [0.25, 0.3) is 5.56 Å². The lowest BCUT2D eigenvalue weighted by molar-refractivity contribution is 0.534. The highest BCUT2D eigenvalue weighted by Crippen LogP contribution is 2.27. The van der Waals surface area contributed by atoms with Crippen LogP contribution in [0.25, 0.3) is 11.3 Å². The molecule has 2 aromatic rings. The Balaban J connectivity index is 2.77. The van der Waals surface area contributed by atoms with E-state index < -0.39 is 0 Å². The van der Waals surface area contributed by atoms with Gasteiger partial charge in [-0.25, -0.2) is 0 Å². The van der Waals surface area contributed by atoms with Crippen LogP contribution in [0.4, 0.5) is 0 Å². The van der Waals surface area contributed by atoms with Gasteiger partial charge in [0, 0.05) is 17.2 Å². The van der Waals surface area contributed by atoms with Crippen molar-refractivity contribution in [3.63, 3.8) is 0 Å². The van der Waals surface area contributed by atoms with E-state index in [-0.39, 0.29) is 11.6 Å². The van der Waals surface area contributed by atoms with Gasteiger partial charge in [-0.1, -0.05) is 31.2 Å². The molecule has 0 unspecified atom stereocenters. The van der Waals surface area contributed by atoms with Gasteiger partial charge in [0.15, 0.2) is 0 Å². The van der Waals surface area contributed by atoms with E-state index in [1.807, 2.05) is 23.7 Å². The number of benzene rings is 1. The maximum absolute atomic E-state index is 12.0. The second-order valence-corrected chi connectivity index (χ2v) is 4.90. The predicted molar refractivity (Wildman–Crippen MR) is 75.0 cm³/mol. The van der Waals surface area contributed by atoms with E-state index in [4.69, 9.17) is 0 Å². The normalized spacial score (nSPS) is 11.2. The van der Waals surface area contributed by atoms with Gasteiger partial charge < -0.3 is 0 Å². The Bertz CT molecular complexity index is 605. The quantitative estimate of drug-likeness (QED) is 0.883. The molecule has 0 spiro atoms. The molecule has 0 aliphatic rings. The molecule has 0 atom stereocenters. The molecule has 1 N–H and O–H groups in total. The molecule has 0 radical (unpaired) electrons. The van der Waals surface area contributed by atoms with Gasteiger partial charge in [-0.15, -0.1) is 0 Å². The van der Waals surface area contributed by atoms with E-state index in [1.54, 1.807) is 0 Å². The highest BCUT2D eigenvalue weighted by Gasteiger charge is 2.17. The van der Waals surface area contributed by atoms with Gasteiger partial charge in [-0.2, -0.15) is 0 Å². The van der Waals surface area contributed by atoms with Gasteiger partial charge in [-0.05, 0) is 32.8 Å². The smallest absolute Gasteiger partial charge is 0.267 e. The molecular weight excluding hydrogens is 224 g/mol. The predicted octanol–water partition coefficient (Wildman–Crippen LogP) is 3.30. The first kappa shape index (κ1) is 12.7. The number of rotatable bonds is 3. The lowest BCUT2D eigenvalue weighted by atomic mass is 10.0. The van der Waals surface area contributed by atoms with Crippen LogP contribution in [0.1, 0.15) is 37.9 Å². The first-order valence-electron chi connectivity index (χ1n) is 6.45. The Morgan fingerprint density at radius 3 is 2.50 bits per heavy atom. The molecule has 1 heterocycles. The Labute approximate surface area is 107 Å². The second-order valence-electron chi connectivity index (χ2n) is 4.90. The third-order valence-corrected chi connectivity index (χ3v) is 3.29. The minimum atomic E-state index is 0.0319. The number of aromatic nitrogens is 2. The van der Waals surface area contributed by atoms with E-state index >= 15 is 0 Å². The van der Waals surface area contributed by atoms with Crippen molar-refractivity contribution in [2.45, 2.75) is 40.2 Å². The number of H-pyrrole nitrogens is 1. The largest absolute Gasteiger partial charge is 0.282 e. The summed E-state index contributed by atoms with van der Waals surface area (Å²) >= 11 is 0. The fraction of sp³-hybridized carbons (Fsp3) is 0.400. The van der Waals surface area contributed by atoms with Crippen LogP contribution in [-0.4, -0.2) is 9.78 Å². The fourth-order valence-electron chi connectivity index (χ4n) is 2.33. The van der Waals surface area contributed by atoms with Gasteiger partial charge >= 0.3 is 0 Å². The minimum Gasteiger partial charge on any atom is -0.282 e. The molecule has 0 fully saturated rings. The van der Waals surface area contributed by atoms with Crippen LogP contribution in [0, 0.1) is 6.92 Å². The molecule has 0 aliphatic heterocycles. The average Bonchev–Trinajstić information content (AvgIpc) is 2.67. The summed E-state index contributed by atoms with van der Waals surface area (Å²) in [5.41, 5.74) is 4.28. The zero-order valence-corrected chi connectivity index (χ0v) is 11.4. The van der Waals surface area contributed by atoms with Crippen LogP contribution >= 0.6 is 0 Å². The topological polar surface area (TPSA) is 37.8 Å². The SMILES string of the molecule is CCc1c(-c2ccccc2C)n(C(C)C)[nH]c1=O. The van der Waals surface area contributed by atoms with Crippen molar-refractivity contribution in [3.05, 3.63) is 45.7 Å². The first-order valence-corrected chi connectivity index (χ1v) is 6.45. The van der Waals surface area contributed by atoms with E-state index in [9.17, 15) is 4.79 Å². The summed E-state index contributed by atoms with van der Waals surface area (Å²) in [6.07, 6.45) is 0.749. The van der Waals surface area contributed by atoms with Crippen molar-refractivity contribution in [1.82, 2.24) is 9.78 Å². The molecule has 0 aliphatic carbocycles. The van der Waals surface area contributed by atoms with Crippen LogP contribution in [0.2, 0.25) is 0 Å². The van der Waals surface area contributed by atoms with Gasteiger partial charge in [0.05, 0.1) is 5.69 Å². The van der Waals surface area contributed by atoms with E-state index in [1.165, 1.54) is 5.56 Å². The summed E-state index contributed by atoms with van der Waals surface area (Å²) in [4.78, 5) is 12.0. The molecule has 1 aromatic heterocycles. The maximum Gasteiger partial charge on any atom is 0.267 e. The molecule has 3 nitrogen and oxygen atoms in total. The molecular formula is C15H20N2O. The highest BCUT2D eigenvalue weighted by atomic mass is 16.1. The summed E-state index contributed by atoms with van der Waals surface area (Å²) in [5.74, 6) is 0. The lowest BCUT2D eigenvalue weighted by Crippen LogP contribution is -2.09. The number of aryl methyl sites for hydroxylation is 1. The van der Waals surface area contributed by atoms with Crippen LogP contribution in [-0.2, 0) is 6.42 Å². The zero-order valence-electron chi connectivity index (χ0n) is 11.4. The third kappa shape index (κ3) is 2.01. The number of aromatic amines is 1. The fourth-order valence-corrected chi connectivity index (χ4v) is 2.33. The molecule has 18 heavy (non-hydrogen) atoms. The van der Waals surface area contributed by atoms with Crippen molar-refractivity contribution >= 4 is 0 Å². The van der Waals surface area contributed by atoms with Gasteiger partial charge in [0.2, 0.25) is 0 Å². The van der Waals surface area contributed by atoms with Gasteiger partial charge in [-0.3, -0.25) is 14.6 Å². The summed E-state index contributed by atoms with van der Waals surface area (Å²) in [5, 5.41) is 2.95. The highest BCUT2D eigenvalue weighted by molar-refractivity contribution is 5.67. The summed E-state index contributed by atoms with van der Waals surface area (Å²) in [6.45, 7) is 8.27. The van der Waals surface area contributed by atoms with E-state index in [0.717, 1.165) is 23.2 Å². The molecule has 1 aromatic carbocycles. The molecule has 2 rings (SSSR count). The standard InChI is InChI=1S/C15H20N2O/c1-5-12-14(13-9-7-6-8-11(13)4)17(10(2)3)16-15(12)18/h6-10H,5H2,1-4H3,(H,16,18). The second kappa shape index (κ2) is 4.84. The Morgan fingerprint density at radius 1 is 1.28 bits per heavy atom. The van der Waals surface area contributed by atoms with E-state index in [2.05, 4.69) is 38.0 Å². The number of hydrogen-bond donors (Lipinski definition) is 1. The van der Waals surface area contributed by atoms with Crippen LogP contribution in [0.3, 0.4) is 0 Å². The zero-order chi connectivity index (χ0) is 13.3. The number of nitrogens with zero attached hydrogens (tertiary/aromatic N) is 1. The van der Waals surface area contributed by atoms with Crippen molar-refractivity contribution in [1.29, 1.82) is 0 Å². The maximum atomic E-state index is 12.0. The lowest BCUT2D eigenvalue weighted by Gasteiger charge is -2.14. The molecule has 96 valence electrons. The van der Waals surface area contributed by atoms with Crippen molar-refractivity contribution in [3.8, 4) is 11.3 Å². The van der Waals surface area contributed by atoms with Crippen molar-refractivity contribution < 1.29 is 0 Å². The van der Waals surface area contributed by atoms with Gasteiger partial charge in [0.1, 0.15) is 0 Å². The van der Waals surface area contributed by atoms with Crippen molar-refractivity contribution in [2.75, 3.05) is 0 Å². The average molecular weight is 244 g/mol. The number of hydrogen-bond acceptors (Lipinski definition) is 1. The minimum absolute atomic E-state index is 0.0319. The Hall–Kier alpha value is -1.77. The van der Waals surface area contributed by atoms with E-state index in [0.29, 0.717) is 0 Å². The third-order valence-electron chi connectivity index (χ3n) is 3.29. The van der Waals surface area contributed by atoms with Crippen LogP contribution in [0.15, 0.2) is 29.1 Å². The molecule has 3 heteroatoms. The summed E-state index contributed by atoms with van der Waals surface area (Å²) in [7, 11) is 0. The first-order chi connectivity index (χ1) is 8.56. The molecule has 0 saturated heterocycles. The Morgan fingerprint density at radius 2 is 1.94 bits per heavy atom.